The van der Waals surface area contributed by atoms with Crippen molar-refractivity contribution in [1.29, 1.82) is 0 Å². The van der Waals surface area contributed by atoms with Gasteiger partial charge in [-0.05, 0) is 19.2 Å². The van der Waals surface area contributed by atoms with E-state index in [1.165, 1.54) is 0 Å². The molecule has 108 valence electrons. The molecule has 1 rings (SSSR count). The Balaban J connectivity index is 2.07. The van der Waals surface area contributed by atoms with Crippen LogP contribution in [0.5, 0.6) is 11.5 Å². The topological polar surface area (TPSA) is 51.2 Å². The number of aliphatic hydroxyl groups excluding tert-OH is 1. The SMILES string of the molecule is COc1cccc(OCCOCCN(C)CCO)c1. The maximum Gasteiger partial charge on any atom is 0.123 e. The van der Waals surface area contributed by atoms with E-state index in [0.717, 1.165) is 18.0 Å². The third-order valence-electron chi connectivity index (χ3n) is 2.64. The van der Waals surface area contributed by atoms with Gasteiger partial charge in [0.05, 0.1) is 26.9 Å². The fraction of sp³-hybridized carbons (Fsp3) is 0.571. The summed E-state index contributed by atoms with van der Waals surface area (Å²) in [6, 6.07) is 7.49. The van der Waals surface area contributed by atoms with Gasteiger partial charge in [-0.2, -0.15) is 0 Å². The molecule has 0 aliphatic rings. The van der Waals surface area contributed by atoms with Crippen LogP contribution in [0.25, 0.3) is 0 Å². The largest absolute Gasteiger partial charge is 0.497 e. The molecule has 0 aliphatic carbocycles. The van der Waals surface area contributed by atoms with Gasteiger partial charge in [-0.1, -0.05) is 6.07 Å². The predicted molar refractivity (Wildman–Crippen MR) is 73.9 cm³/mol. The molecular formula is C14H23NO4. The summed E-state index contributed by atoms with van der Waals surface area (Å²) >= 11 is 0. The highest BCUT2D eigenvalue weighted by Gasteiger charge is 1.98. The van der Waals surface area contributed by atoms with Gasteiger partial charge in [0.15, 0.2) is 0 Å². The lowest BCUT2D eigenvalue weighted by molar-refractivity contribution is 0.0812. The summed E-state index contributed by atoms with van der Waals surface area (Å²) < 4.78 is 16.1. The Morgan fingerprint density at radius 1 is 1.11 bits per heavy atom. The van der Waals surface area contributed by atoms with Crippen molar-refractivity contribution < 1.29 is 19.3 Å². The van der Waals surface area contributed by atoms with Crippen LogP contribution in [-0.2, 0) is 4.74 Å². The lowest BCUT2D eigenvalue weighted by Crippen LogP contribution is -2.26. The highest BCUT2D eigenvalue weighted by molar-refractivity contribution is 5.32. The van der Waals surface area contributed by atoms with Crippen LogP contribution < -0.4 is 9.47 Å². The van der Waals surface area contributed by atoms with Crippen LogP contribution in [0.2, 0.25) is 0 Å². The van der Waals surface area contributed by atoms with E-state index < -0.39 is 0 Å². The number of likely N-dealkylation sites (N-methyl/N-ethyl adjacent to an activating group) is 1. The number of rotatable bonds is 10. The lowest BCUT2D eigenvalue weighted by Gasteiger charge is -2.14. The maximum absolute atomic E-state index is 8.73. The molecule has 1 N–H and O–H groups in total. The Morgan fingerprint density at radius 3 is 2.63 bits per heavy atom. The summed E-state index contributed by atoms with van der Waals surface area (Å²) in [6.45, 7) is 3.35. The molecule has 5 nitrogen and oxygen atoms in total. The van der Waals surface area contributed by atoms with Gasteiger partial charge < -0.3 is 24.2 Å². The molecule has 0 spiro atoms. The number of hydrogen-bond acceptors (Lipinski definition) is 5. The lowest BCUT2D eigenvalue weighted by atomic mass is 10.3. The van der Waals surface area contributed by atoms with Crippen molar-refractivity contribution in [3.63, 3.8) is 0 Å². The van der Waals surface area contributed by atoms with Gasteiger partial charge in [0.2, 0.25) is 0 Å². The zero-order valence-electron chi connectivity index (χ0n) is 11.7. The average molecular weight is 269 g/mol. The highest BCUT2D eigenvalue weighted by Crippen LogP contribution is 2.18. The van der Waals surface area contributed by atoms with Gasteiger partial charge in [0.1, 0.15) is 18.1 Å². The van der Waals surface area contributed by atoms with Crippen LogP contribution >= 0.6 is 0 Å². The number of ether oxygens (including phenoxy) is 3. The van der Waals surface area contributed by atoms with Gasteiger partial charge in [-0.25, -0.2) is 0 Å². The second-order valence-corrected chi connectivity index (χ2v) is 4.17. The number of hydrogen-bond donors (Lipinski definition) is 1. The molecule has 0 bridgehead atoms. The van der Waals surface area contributed by atoms with Crippen molar-refractivity contribution >= 4 is 0 Å². The van der Waals surface area contributed by atoms with Crippen LogP contribution in [0, 0.1) is 0 Å². The first-order valence-electron chi connectivity index (χ1n) is 6.40. The summed E-state index contributed by atoms with van der Waals surface area (Å²) in [5, 5.41) is 8.73. The van der Waals surface area contributed by atoms with E-state index in [9.17, 15) is 0 Å². The van der Waals surface area contributed by atoms with E-state index >= 15 is 0 Å². The molecule has 19 heavy (non-hydrogen) atoms. The molecule has 0 heterocycles. The monoisotopic (exact) mass is 269 g/mol. The summed E-state index contributed by atoms with van der Waals surface area (Å²) in [4.78, 5) is 2.02. The fourth-order valence-electron chi connectivity index (χ4n) is 1.51. The van der Waals surface area contributed by atoms with Gasteiger partial charge in [-0.15, -0.1) is 0 Å². The van der Waals surface area contributed by atoms with Gasteiger partial charge in [-0.3, -0.25) is 0 Å². The molecule has 0 aromatic heterocycles. The molecule has 0 radical (unpaired) electrons. The summed E-state index contributed by atoms with van der Waals surface area (Å²) in [5.41, 5.74) is 0. The van der Waals surface area contributed by atoms with Crippen LogP contribution in [0.4, 0.5) is 0 Å². The van der Waals surface area contributed by atoms with Crippen molar-refractivity contribution in [3.8, 4) is 11.5 Å². The average Bonchev–Trinajstić information content (AvgIpc) is 2.43. The second kappa shape index (κ2) is 9.61. The normalized spacial score (nSPS) is 10.7. The quantitative estimate of drug-likeness (QED) is 0.643. The highest BCUT2D eigenvalue weighted by atomic mass is 16.5. The van der Waals surface area contributed by atoms with Crippen molar-refractivity contribution in [2.75, 3.05) is 53.7 Å². The Morgan fingerprint density at radius 2 is 1.89 bits per heavy atom. The van der Waals surface area contributed by atoms with E-state index in [4.69, 9.17) is 19.3 Å². The van der Waals surface area contributed by atoms with Crippen LogP contribution in [-0.4, -0.2) is 63.7 Å². The fourth-order valence-corrected chi connectivity index (χ4v) is 1.51. The first-order valence-corrected chi connectivity index (χ1v) is 6.40. The summed E-state index contributed by atoms with van der Waals surface area (Å²) in [6.07, 6.45) is 0. The molecule has 0 fully saturated rings. The number of nitrogens with zero attached hydrogens (tertiary/aromatic N) is 1. The maximum atomic E-state index is 8.73. The van der Waals surface area contributed by atoms with Crippen molar-refractivity contribution in [2.24, 2.45) is 0 Å². The first-order chi connectivity index (χ1) is 9.26. The third kappa shape index (κ3) is 7.00. The number of aliphatic hydroxyl groups is 1. The molecule has 1 aromatic carbocycles. The molecule has 0 amide bonds. The molecule has 0 unspecified atom stereocenters. The zero-order valence-corrected chi connectivity index (χ0v) is 11.7. The standard InChI is InChI=1S/C14H23NO4/c1-15(6-8-16)7-9-18-10-11-19-14-5-3-4-13(12-14)17-2/h3-5,12,16H,6-11H2,1-2H3. The van der Waals surface area contributed by atoms with E-state index in [0.29, 0.717) is 26.4 Å². The van der Waals surface area contributed by atoms with Crippen LogP contribution in [0.3, 0.4) is 0 Å². The van der Waals surface area contributed by atoms with E-state index in [1.54, 1.807) is 7.11 Å². The van der Waals surface area contributed by atoms with E-state index in [2.05, 4.69) is 0 Å². The summed E-state index contributed by atoms with van der Waals surface area (Å²) in [5.74, 6) is 1.56. The van der Waals surface area contributed by atoms with Gasteiger partial charge >= 0.3 is 0 Å². The van der Waals surface area contributed by atoms with Crippen molar-refractivity contribution in [2.45, 2.75) is 0 Å². The second-order valence-electron chi connectivity index (χ2n) is 4.17. The number of methoxy groups -OCH3 is 1. The van der Waals surface area contributed by atoms with Crippen LogP contribution in [0.1, 0.15) is 0 Å². The first kappa shape index (κ1) is 15.8. The predicted octanol–water partition coefficient (Wildman–Crippen LogP) is 1.01. The van der Waals surface area contributed by atoms with E-state index in [-0.39, 0.29) is 6.61 Å². The Labute approximate surface area is 114 Å². The van der Waals surface area contributed by atoms with E-state index in [1.807, 2.05) is 36.2 Å². The van der Waals surface area contributed by atoms with Crippen molar-refractivity contribution in [1.82, 2.24) is 4.90 Å². The molecule has 0 aliphatic heterocycles. The third-order valence-corrected chi connectivity index (χ3v) is 2.64. The molecule has 1 aromatic rings. The Hall–Kier alpha value is -1.30. The van der Waals surface area contributed by atoms with Crippen LogP contribution in [0.15, 0.2) is 24.3 Å². The molecule has 0 saturated carbocycles. The summed E-state index contributed by atoms with van der Waals surface area (Å²) in [7, 11) is 3.58. The minimum Gasteiger partial charge on any atom is -0.497 e. The molecule has 0 saturated heterocycles. The number of benzene rings is 1. The molecule has 0 atom stereocenters. The van der Waals surface area contributed by atoms with Crippen molar-refractivity contribution in [3.05, 3.63) is 24.3 Å². The molecular weight excluding hydrogens is 246 g/mol. The minimum atomic E-state index is 0.176. The Bertz CT molecular complexity index is 346. The zero-order chi connectivity index (χ0) is 13.9. The van der Waals surface area contributed by atoms with Gasteiger partial charge in [0, 0.05) is 19.2 Å². The Kier molecular flexibility index (Phi) is 7.97. The minimum absolute atomic E-state index is 0.176. The molecule has 5 heteroatoms. The van der Waals surface area contributed by atoms with Gasteiger partial charge in [0.25, 0.3) is 0 Å². The smallest absolute Gasteiger partial charge is 0.123 e.